The van der Waals surface area contributed by atoms with Crippen LogP contribution in [0, 0.1) is 6.92 Å². The van der Waals surface area contributed by atoms with Crippen molar-refractivity contribution in [3.63, 3.8) is 0 Å². The molecule has 0 unspecified atom stereocenters. The normalized spacial score (nSPS) is 17.0. The summed E-state index contributed by atoms with van der Waals surface area (Å²) in [6.07, 6.45) is 14.8. The van der Waals surface area contributed by atoms with Crippen molar-refractivity contribution in [2.45, 2.75) is 45.6 Å². The monoisotopic (exact) mass is 403 g/mol. The maximum atomic E-state index is 5.47. The van der Waals surface area contributed by atoms with E-state index in [1.807, 2.05) is 25.1 Å². The molecule has 156 valence electrons. The first-order valence-corrected chi connectivity index (χ1v) is 10.7. The number of hydrogen-bond acceptors (Lipinski definition) is 5. The number of allylic oxidation sites excluding steroid dienone is 4. The van der Waals surface area contributed by atoms with Gasteiger partial charge in [-0.3, -0.25) is 14.7 Å². The highest BCUT2D eigenvalue weighted by Crippen LogP contribution is 2.35. The molecule has 0 saturated heterocycles. The Morgan fingerprint density at radius 1 is 1.27 bits per heavy atom. The van der Waals surface area contributed by atoms with Gasteiger partial charge in [0.15, 0.2) is 0 Å². The number of aliphatic imine (C=N–C) groups is 1. The smallest absolute Gasteiger partial charge is 0.119 e. The van der Waals surface area contributed by atoms with E-state index in [9.17, 15) is 0 Å². The molecule has 3 heterocycles. The molecule has 0 saturated carbocycles. The van der Waals surface area contributed by atoms with E-state index in [1.165, 1.54) is 16.8 Å². The number of aromatic nitrogens is 3. The van der Waals surface area contributed by atoms with Crippen molar-refractivity contribution in [3.05, 3.63) is 65.8 Å². The zero-order chi connectivity index (χ0) is 20.8. The molecule has 2 N–H and O–H groups in total. The average molecular weight is 404 g/mol. The highest BCUT2D eigenvalue weighted by atomic mass is 16.5. The van der Waals surface area contributed by atoms with Gasteiger partial charge in [-0.25, -0.2) is 0 Å². The Morgan fingerprint density at radius 2 is 2.20 bits per heavy atom. The fraction of sp³-hybridized carbons (Fsp3) is 0.375. The van der Waals surface area contributed by atoms with Crippen LogP contribution in [0.4, 0.5) is 0 Å². The number of aryl methyl sites for hydroxylation is 2. The summed E-state index contributed by atoms with van der Waals surface area (Å²) in [5.41, 5.74) is 13.2. The van der Waals surface area contributed by atoms with E-state index in [1.54, 1.807) is 12.5 Å². The van der Waals surface area contributed by atoms with Crippen molar-refractivity contribution in [1.29, 1.82) is 0 Å². The lowest BCUT2D eigenvalue weighted by Gasteiger charge is -2.11. The minimum absolute atomic E-state index is 0.682. The second-order valence-corrected chi connectivity index (χ2v) is 7.63. The van der Waals surface area contributed by atoms with Crippen molar-refractivity contribution in [1.82, 2.24) is 14.8 Å². The molecule has 30 heavy (non-hydrogen) atoms. The van der Waals surface area contributed by atoms with E-state index in [0.717, 1.165) is 61.4 Å². The van der Waals surface area contributed by atoms with Crippen molar-refractivity contribution in [2.24, 2.45) is 10.7 Å². The molecule has 0 fully saturated rings. The Morgan fingerprint density at radius 3 is 3.00 bits per heavy atom. The molecule has 0 atom stereocenters. The number of ether oxygens (including phenoxy) is 1. The van der Waals surface area contributed by atoms with Crippen LogP contribution in [0.1, 0.15) is 42.6 Å². The highest BCUT2D eigenvalue weighted by Gasteiger charge is 2.25. The van der Waals surface area contributed by atoms with Crippen molar-refractivity contribution in [2.75, 3.05) is 13.2 Å². The van der Waals surface area contributed by atoms with Crippen molar-refractivity contribution in [3.8, 4) is 11.4 Å². The zero-order valence-electron chi connectivity index (χ0n) is 17.6. The van der Waals surface area contributed by atoms with Crippen LogP contribution in [-0.4, -0.2) is 33.6 Å². The van der Waals surface area contributed by atoms with Gasteiger partial charge in [0.1, 0.15) is 12.0 Å². The maximum absolute atomic E-state index is 5.47. The molecule has 1 aliphatic carbocycles. The van der Waals surface area contributed by atoms with Gasteiger partial charge in [-0.05, 0) is 62.9 Å². The van der Waals surface area contributed by atoms with Crippen LogP contribution in [0.3, 0.4) is 0 Å². The van der Waals surface area contributed by atoms with Crippen LogP contribution >= 0.6 is 0 Å². The molecule has 0 amide bonds. The lowest BCUT2D eigenvalue weighted by Crippen LogP contribution is -2.00. The van der Waals surface area contributed by atoms with Crippen LogP contribution in [0.15, 0.2) is 53.9 Å². The molecular formula is C24H29N5O. The molecule has 2 aliphatic rings. The Labute approximate surface area is 177 Å². The lowest BCUT2D eigenvalue weighted by molar-refractivity contribution is 0.242. The molecule has 1 aliphatic heterocycles. The van der Waals surface area contributed by atoms with Gasteiger partial charge in [-0.2, -0.15) is 5.10 Å². The Hall–Kier alpha value is -2.99. The van der Waals surface area contributed by atoms with E-state index in [0.29, 0.717) is 13.2 Å². The topological polar surface area (TPSA) is 78.3 Å². The summed E-state index contributed by atoms with van der Waals surface area (Å²) >= 11 is 0. The molecule has 6 heteroatoms. The van der Waals surface area contributed by atoms with Crippen LogP contribution in [0.2, 0.25) is 0 Å². The highest BCUT2D eigenvalue weighted by molar-refractivity contribution is 6.03. The van der Waals surface area contributed by atoms with Crippen molar-refractivity contribution >= 4 is 11.3 Å². The number of nitrogens with zero attached hydrogens (tertiary/aromatic N) is 4. The molecule has 0 radical (unpaired) electrons. The van der Waals surface area contributed by atoms with Gasteiger partial charge in [-0.15, -0.1) is 0 Å². The number of hydrogen-bond donors (Lipinski definition) is 1. The minimum atomic E-state index is 0.682. The lowest BCUT2D eigenvalue weighted by atomic mass is 9.94. The molecule has 0 spiro atoms. The second-order valence-electron chi connectivity index (χ2n) is 7.63. The number of rotatable bonds is 8. The summed E-state index contributed by atoms with van der Waals surface area (Å²) in [4.78, 5) is 9.23. The summed E-state index contributed by atoms with van der Waals surface area (Å²) in [5.74, 6) is 0. The first-order valence-electron chi connectivity index (χ1n) is 10.7. The van der Waals surface area contributed by atoms with Gasteiger partial charge < -0.3 is 10.5 Å². The van der Waals surface area contributed by atoms with E-state index >= 15 is 0 Å². The van der Waals surface area contributed by atoms with Crippen LogP contribution in [-0.2, 0) is 17.7 Å². The first kappa shape index (κ1) is 20.3. The number of pyridine rings is 1. The predicted octanol–water partition coefficient (Wildman–Crippen LogP) is 4.21. The Kier molecular flexibility index (Phi) is 6.54. The third-order valence-corrected chi connectivity index (χ3v) is 5.36. The first-order chi connectivity index (χ1) is 14.8. The van der Waals surface area contributed by atoms with Gasteiger partial charge in [0.2, 0.25) is 0 Å². The Bertz CT molecular complexity index is 1010. The molecule has 2 aromatic rings. The molecule has 4 rings (SSSR count). The van der Waals surface area contributed by atoms with Crippen LogP contribution in [0.25, 0.3) is 17.0 Å². The Balaban J connectivity index is 1.50. The standard InChI is InChI=1S/C24H29N5O/c1-18-6-4-7-21(27-18)24-23(22-8-5-15-29(22)28-24)19-9-11-20(12-10-19)26-14-17-30-16-3-2-13-25/h4,6-7,9-11,14,17H,2-3,5,8,12-13,15-16,25H2,1H3. The summed E-state index contributed by atoms with van der Waals surface area (Å²) in [7, 11) is 0. The van der Waals surface area contributed by atoms with Gasteiger partial charge in [0.25, 0.3) is 0 Å². The van der Waals surface area contributed by atoms with E-state index in [4.69, 9.17) is 20.6 Å². The SMILES string of the molecule is Cc1cccc(-c2nn3c(c2C2=CCC(=NC=COCCCCN)C=C2)CCC3)n1. The molecule has 0 aromatic carbocycles. The summed E-state index contributed by atoms with van der Waals surface area (Å²) < 4.78 is 7.58. The predicted molar refractivity (Wildman–Crippen MR) is 121 cm³/mol. The fourth-order valence-corrected chi connectivity index (χ4v) is 3.87. The third-order valence-electron chi connectivity index (χ3n) is 5.36. The van der Waals surface area contributed by atoms with Gasteiger partial charge in [-0.1, -0.05) is 18.2 Å². The number of nitrogens with two attached hydrogens (primary N) is 1. The van der Waals surface area contributed by atoms with Gasteiger partial charge in [0, 0.05) is 35.6 Å². The quantitative estimate of drug-likeness (QED) is 0.529. The van der Waals surface area contributed by atoms with E-state index in [-0.39, 0.29) is 0 Å². The zero-order valence-corrected chi connectivity index (χ0v) is 17.6. The maximum Gasteiger partial charge on any atom is 0.119 e. The van der Waals surface area contributed by atoms with Crippen LogP contribution < -0.4 is 5.73 Å². The fourth-order valence-electron chi connectivity index (χ4n) is 3.87. The van der Waals surface area contributed by atoms with Gasteiger partial charge >= 0.3 is 0 Å². The summed E-state index contributed by atoms with van der Waals surface area (Å²) in [5, 5.41) is 4.90. The van der Waals surface area contributed by atoms with Crippen LogP contribution in [0.5, 0.6) is 0 Å². The van der Waals surface area contributed by atoms with Crippen molar-refractivity contribution < 1.29 is 4.74 Å². The summed E-state index contributed by atoms with van der Waals surface area (Å²) in [6, 6.07) is 6.12. The number of unbranched alkanes of at least 4 members (excludes halogenated alkanes) is 1. The van der Waals surface area contributed by atoms with E-state index < -0.39 is 0 Å². The molecular weight excluding hydrogens is 374 g/mol. The average Bonchev–Trinajstić information content (AvgIpc) is 3.35. The third kappa shape index (κ3) is 4.60. The summed E-state index contributed by atoms with van der Waals surface area (Å²) in [6.45, 7) is 4.39. The number of fused-ring (bicyclic) bond motifs is 1. The molecule has 6 nitrogen and oxygen atoms in total. The van der Waals surface area contributed by atoms with E-state index in [2.05, 4.69) is 27.9 Å². The second kappa shape index (κ2) is 9.67. The molecule has 2 aromatic heterocycles. The van der Waals surface area contributed by atoms with Gasteiger partial charge in [0.05, 0.1) is 18.5 Å². The molecule has 0 bridgehead atoms. The largest absolute Gasteiger partial charge is 0.500 e. The minimum Gasteiger partial charge on any atom is -0.500 e.